The van der Waals surface area contributed by atoms with Gasteiger partial charge in [-0.2, -0.15) is 0 Å². The van der Waals surface area contributed by atoms with Crippen LogP contribution in [0.15, 0.2) is 29.3 Å². The van der Waals surface area contributed by atoms with Crippen molar-refractivity contribution in [2.24, 2.45) is 0 Å². The van der Waals surface area contributed by atoms with Gasteiger partial charge >= 0.3 is 0 Å². The van der Waals surface area contributed by atoms with Gasteiger partial charge in [-0.15, -0.1) is 0 Å². The van der Waals surface area contributed by atoms with E-state index in [-0.39, 0.29) is 11.6 Å². The van der Waals surface area contributed by atoms with Crippen molar-refractivity contribution < 1.29 is 18.8 Å². The van der Waals surface area contributed by atoms with Crippen LogP contribution in [0.5, 0.6) is 11.5 Å². The first kappa shape index (κ1) is 21.5. The molecule has 1 heterocycles. The van der Waals surface area contributed by atoms with Gasteiger partial charge in [-0.25, -0.2) is 0 Å². The molecular weight excluding hydrogens is 356 g/mol. The van der Waals surface area contributed by atoms with Crippen molar-refractivity contribution in [2.45, 2.75) is 46.5 Å². The largest absolute Gasteiger partial charge is 0.493 e. The van der Waals surface area contributed by atoms with Crippen LogP contribution in [0.4, 0.5) is 0 Å². The first-order valence-corrected chi connectivity index (χ1v) is 9.95. The first-order chi connectivity index (χ1) is 13.6. The van der Waals surface area contributed by atoms with Gasteiger partial charge in [0.2, 0.25) is 0 Å². The number of hydrogen-bond donors (Lipinski definition) is 1. The zero-order valence-electron chi connectivity index (χ0n) is 17.0. The number of benzene rings is 1. The lowest BCUT2D eigenvalue weighted by molar-refractivity contribution is 0.0947. The third kappa shape index (κ3) is 5.62. The average Bonchev–Trinajstić information content (AvgIpc) is 3.19. The molecule has 1 aromatic carbocycles. The molecule has 0 bridgehead atoms. The molecule has 152 valence electrons. The summed E-state index contributed by atoms with van der Waals surface area (Å²) in [5.41, 5.74) is 1.79. The van der Waals surface area contributed by atoms with E-state index in [0.29, 0.717) is 31.3 Å². The van der Waals surface area contributed by atoms with Crippen LogP contribution < -0.4 is 14.8 Å². The van der Waals surface area contributed by atoms with E-state index in [2.05, 4.69) is 30.9 Å². The van der Waals surface area contributed by atoms with E-state index in [9.17, 15) is 4.79 Å². The van der Waals surface area contributed by atoms with Crippen molar-refractivity contribution in [3.63, 3.8) is 0 Å². The predicted molar refractivity (Wildman–Crippen MR) is 111 cm³/mol. The summed E-state index contributed by atoms with van der Waals surface area (Å²) in [6.45, 7) is 11.7. The Morgan fingerprint density at radius 2 is 1.79 bits per heavy atom. The van der Waals surface area contributed by atoms with Gasteiger partial charge in [0.05, 0.1) is 18.8 Å². The van der Waals surface area contributed by atoms with E-state index in [1.165, 1.54) is 0 Å². The molecule has 0 atom stereocenters. The standard InChI is InChI=1S/C22H30N2O4/c1-5-9-11-26-19-15-20(27-12-10-6-2)17(13-16(19)7-3)21-14-18(24-28-21)22(25)23-8-4/h7,13-15H,3,5-6,8-12H2,1-2,4H3,(H,23,25). The maximum Gasteiger partial charge on any atom is 0.273 e. The second-order valence-electron chi connectivity index (χ2n) is 6.43. The molecule has 0 saturated heterocycles. The quantitative estimate of drug-likeness (QED) is 0.514. The van der Waals surface area contributed by atoms with E-state index in [1.54, 1.807) is 12.1 Å². The van der Waals surface area contributed by atoms with Gasteiger partial charge in [-0.05, 0) is 25.8 Å². The number of ether oxygens (including phenoxy) is 2. The van der Waals surface area contributed by atoms with Crippen molar-refractivity contribution >= 4 is 12.0 Å². The van der Waals surface area contributed by atoms with Gasteiger partial charge in [0.1, 0.15) is 11.5 Å². The minimum absolute atomic E-state index is 0.236. The molecule has 0 radical (unpaired) electrons. The number of carbonyl (C=O) groups excluding carboxylic acids is 1. The monoisotopic (exact) mass is 386 g/mol. The van der Waals surface area contributed by atoms with Crippen molar-refractivity contribution in [1.82, 2.24) is 10.5 Å². The fourth-order valence-corrected chi connectivity index (χ4v) is 2.59. The van der Waals surface area contributed by atoms with Gasteiger partial charge in [0.25, 0.3) is 5.91 Å². The van der Waals surface area contributed by atoms with Crippen molar-refractivity contribution in [1.29, 1.82) is 0 Å². The van der Waals surface area contributed by atoms with Gasteiger partial charge in [-0.1, -0.05) is 44.5 Å². The number of nitrogens with one attached hydrogen (secondary N) is 1. The summed E-state index contributed by atoms with van der Waals surface area (Å²) in [6.07, 6.45) is 5.74. The average molecular weight is 386 g/mol. The van der Waals surface area contributed by atoms with Crippen molar-refractivity contribution in [3.8, 4) is 22.8 Å². The summed E-state index contributed by atoms with van der Waals surface area (Å²) in [6, 6.07) is 5.39. The Balaban J connectivity index is 2.39. The lowest BCUT2D eigenvalue weighted by atomic mass is 10.1. The molecule has 1 N–H and O–H groups in total. The fourth-order valence-electron chi connectivity index (χ4n) is 2.59. The van der Waals surface area contributed by atoms with Crippen LogP contribution in [0, 0.1) is 0 Å². The topological polar surface area (TPSA) is 73.6 Å². The van der Waals surface area contributed by atoms with Crippen LogP contribution in [-0.2, 0) is 0 Å². The molecule has 6 nitrogen and oxygen atoms in total. The smallest absolute Gasteiger partial charge is 0.273 e. The number of carbonyl (C=O) groups is 1. The van der Waals surface area contributed by atoms with E-state index in [1.807, 2.05) is 19.1 Å². The zero-order valence-corrected chi connectivity index (χ0v) is 17.0. The van der Waals surface area contributed by atoms with E-state index in [0.717, 1.165) is 42.6 Å². The summed E-state index contributed by atoms with van der Waals surface area (Å²) in [7, 11) is 0. The second kappa shape index (κ2) is 11.2. The Morgan fingerprint density at radius 3 is 2.39 bits per heavy atom. The molecule has 0 aliphatic rings. The molecule has 0 aliphatic carbocycles. The maximum absolute atomic E-state index is 12.0. The van der Waals surface area contributed by atoms with Crippen LogP contribution in [0.1, 0.15) is 62.5 Å². The lowest BCUT2D eigenvalue weighted by Gasteiger charge is -2.15. The number of hydrogen-bond acceptors (Lipinski definition) is 5. The Hall–Kier alpha value is -2.76. The summed E-state index contributed by atoms with van der Waals surface area (Å²) < 4.78 is 17.4. The van der Waals surface area contributed by atoms with E-state index < -0.39 is 0 Å². The molecule has 0 spiro atoms. The van der Waals surface area contributed by atoms with Crippen molar-refractivity contribution in [2.75, 3.05) is 19.8 Å². The third-order valence-corrected chi connectivity index (χ3v) is 4.19. The molecule has 2 aromatic rings. The lowest BCUT2D eigenvalue weighted by Crippen LogP contribution is -2.22. The molecule has 0 saturated carbocycles. The maximum atomic E-state index is 12.0. The summed E-state index contributed by atoms with van der Waals surface area (Å²) >= 11 is 0. The van der Waals surface area contributed by atoms with Gasteiger partial charge < -0.3 is 19.3 Å². The van der Waals surface area contributed by atoms with Crippen LogP contribution in [0.2, 0.25) is 0 Å². The minimum atomic E-state index is -0.269. The van der Waals surface area contributed by atoms with Gasteiger partial charge in [0, 0.05) is 24.2 Å². The summed E-state index contributed by atoms with van der Waals surface area (Å²) in [4.78, 5) is 12.0. The third-order valence-electron chi connectivity index (χ3n) is 4.19. The van der Waals surface area contributed by atoms with E-state index >= 15 is 0 Å². The highest BCUT2D eigenvalue weighted by molar-refractivity contribution is 5.93. The minimum Gasteiger partial charge on any atom is -0.493 e. The van der Waals surface area contributed by atoms with Crippen LogP contribution >= 0.6 is 0 Å². The fraction of sp³-hybridized carbons (Fsp3) is 0.455. The Kier molecular flexibility index (Phi) is 8.59. The highest BCUT2D eigenvalue weighted by atomic mass is 16.5. The summed E-state index contributed by atoms with van der Waals surface area (Å²) in [5, 5.41) is 6.60. The van der Waals surface area contributed by atoms with Crippen LogP contribution in [0.25, 0.3) is 17.4 Å². The highest BCUT2D eigenvalue weighted by Crippen LogP contribution is 2.37. The molecule has 1 aromatic heterocycles. The van der Waals surface area contributed by atoms with Crippen LogP contribution in [-0.4, -0.2) is 30.8 Å². The molecule has 0 unspecified atom stereocenters. The molecule has 0 aliphatic heterocycles. The van der Waals surface area contributed by atoms with Gasteiger partial charge in [0.15, 0.2) is 11.5 Å². The Morgan fingerprint density at radius 1 is 1.11 bits per heavy atom. The number of amides is 1. The number of unbranched alkanes of at least 4 members (excludes halogenated alkanes) is 2. The number of nitrogens with zero attached hydrogens (tertiary/aromatic N) is 1. The zero-order chi connectivity index (χ0) is 20.4. The molecule has 6 heteroatoms. The second-order valence-corrected chi connectivity index (χ2v) is 6.43. The molecule has 2 rings (SSSR count). The molecule has 28 heavy (non-hydrogen) atoms. The summed E-state index contributed by atoms with van der Waals surface area (Å²) in [5.74, 6) is 1.57. The highest BCUT2D eigenvalue weighted by Gasteiger charge is 2.19. The van der Waals surface area contributed by atoms with Crippen molar-refractivity contribution in [3.05, 3.63) is 36.0 Å². The Bertz CT molecular complexity index is 783. The SMILES string of the molecule is C=Cc1cc(-c2cc(C(=O)NCC)no2)c(OCCCC)cc1OCCCC. The number of aromatic nitrogens is 1. The normalized spacial score (nSPS) is 10.5. The van der Waals surface area contributed by atoms with Crippen LogP contribution in [0.3, 0.4) is 0 Å². The first-order valence-electron chi connectivity index (χ1n) is 9.95. The van der Waals surface area contributed by atoms with E-state index in [4.69, 9.17) is 14.0 Å². The molecular formula is C22H30N2O4. The predicted octanol–water partition coefficient (Wildman–Crippen LogP) is 5.09. The Labute approximate surface area is 166 Å². The van der Waals surface area contributed by atoms with Gasteiger partial charge in [-0.3, -0.25) is 4.79 Å². The molecule has 1 amide bonds. The molecule has 0 fully saturated rings. The number of rotatable bonds is 12.